The summed E-state index contributed by atoms with van der Waals surface area (Å²) >= 11 is 6.07. The summed E-state index contributed by atoms with van der Waals surface area (Å²) in [6.45, 7) is 5.52. The fourth-order valence-electron chi connectivity index (χ4n) is 5.20. The van der Waals surface area contributed by atoms with Crippen LogP contribution in [0.4, 0.5) is 10.5 Å². The van der Waals surface area contributed by atoms with E-state index in [9.17, 15) is 4.79 Å². The summed E-state index contributed by atoms with van der Waals surface area (Å²) in [4.78, 5) is 17.9. The van der Waals surface area contributed by atoms with E-state index in [2.05, 4.69) is 34.1 Å². The minimum absolute atomic E-state index is 0.0891. The third-order valence-electron chi connectivity index (χ3n) is 7.38. The highest BCUT2D eigenvalue weighted by Crippen LogP contribution is 2.22. The van der Waals surface area contributed by atoms with E-state index >= 15 is 0 Å². The Labute approximate surface area is 232 Å². The number of hydrogen-bond donors (Lipinski definition) is 1. The molecule has 1 saturated carbocycles. The van der Waals surface area contributed by atoms with Crippen molar-refractivity contribution in [3.63, 3.8) is 0 Å². The van der Waals surface area contributed by atoms with E-state index in [1.165, 1.54) is 37.7 Å². The molecule has 7 heteroatoms. The summed E-state index contributed by atoms with van der Waals surface area (Å²) < 4.78 is 7.74. The van der Waals surface area contributed by atoms with Gasteiger partial charge in [0, 0.05) is 41.7 Å². The maximum Gasteiger partial charge on any atom is 0.322 e. The number of halogens is 1. The molecular formula is C31H41ClN4O2. The van der Waals surface area contributed by atoms with Gasteiger partial charge in [-0.05, 0) is 93.9 Å². The van der Waals surface area contributed by atoms with Crippen LogP contribution in [0.3, 0.4) is 0 Å². The molecule has 2 aromatic carbocycles. The number of carbonyl (C=O) groups excluding carboxylic acids is 1. The molecule has 0 unspecified atom stereocenters. The number of ether oxygens (including phenoxy) is 1. The Bertz CT molecular complexity index is 1120. The van der Waals surface area contributed by atoms with Crippen LogP contribution in [0.15, 0.2) is 66.9 Å². The van der Waals surface area contributed by atoms with Gasteiger partial charge in [-0.1, -0.05) is 43.0 Å². The standard InChI is InChI=1S/C31H41ClN4O2/c1-3-38-30-18-16-27(17-19-30)33-31(37)36(22-8-20-34(2)28-9-5-4-6-10-28)24-29-11-7-21-35(29)23-25-12-14-26(32)15-13-25/h7,11-19,21,28H,3-6,8-10,20,22-24H2,1-2H3,(H,33,37). The van der Waals surface area contributed by atoms with Crippen LogP contribution in [0.25, 0.3) is 0 Å². The molecule has 1 fully saturated rings. The van der Waals surface area contributed by atoms with Gasteiger partial charge < -0.3 is 24.4 Å². The zero-order valence-corrected chi connectivity index (χ0v) is 23.5. The molecule has 1 heterocycles. The zero-order chi connectivity index (χ0) is 26.7. The zero-order valence-electron chi connectivity index (χ0n) is 22.7. The van der Waals surface area contributed by atoms with Crippen molar-refractivity contribution in [2.45, 2.75) is 64.6 Å². The molecule has 0 saturated heterocycles. The molecule has 0 bridgehead atoms. The topological polar surface area (TPSA) is 49.7 Å². The first-order valence-electron chi connectivity index (χ1n) is 13.9. The van der Waals surface area contributed by atoms with Gasteiger partial charge in [-0.25, -0.2) is 4.79 Å². The Kier molecular flexibility index (Phi) is 10.5. The highest BCUT2D eigenvalue weighted by Gasteiger charge is 2.20. The minimum atomic E-state index is -0.0891. The molecule has 0 spiro atoms. The summed E-state index contributed by atoms with van der Waals surface area (Å²) in [5, 5.41) is 3.83. The first kappa shape index (κ1) is 28.1. The van der Waals surface area contributed by atoms with Crippen LogP contribution in [-0.2, 0) is 13.1 Å². The minimum Gasteiger partial charge on any atom is -0.494 e. The van der Waals surface area contributed by atoms with Crippen LogP contribution in [0.1, 0.15) is 56.7 Å². The Morgan fingerprint density at radius 1 is 1.03 bits per heavy atom. The Morgan fingerprint density at radius 3 is 2.47 bits per heavy atom. The number of nitrogens with zero attached hydrogens (tertiary/aromatic N) is 3. The van der Waals surface area contributed by atoms with Crippen LogP contribution in [0.5, 0.6) is 5.75 Å². The van der Waals surface area contributed by atoms with Crippen molar-refractivity contribution in [1.29, 1.82) is 0 Å². The largest absolute Gasteiger partial charge is 0.494 e. The summed E-state index contributed by atoms with van der Waals surface area (Å²) in [6.07, 6.45) is 9.60. The molecule has 1 N–H and O–H groups in total. The molecule has 1 aromatic heterocycles. The molecule has 2 amide bonds. The van der Waals surface area contributed by atoms with Gasteiger partial charge in [0.2, 0.25) is 0 Å². The molecule has 0 aliphatic heterocycles. The fraction of sp³-hybridized carbons (Fsp3) is 0.452. The molecule has 1 aliphatic rings. The predicted octanol–water partition coefficient (Wildman–Crippen LogP) is 7.28. The molecule has 204 valence electrons. The number of nitrogens with one attached hydrogen (secondary N) is 1. The van der Waals surface area contributed by atoms with E-state index < -0.39 is 0 Å². The Morgan fingerprint density at radius 2 is 1.76 bits per heavy atom. The molecule has 3 aromatic rings. The van der Waals surface area contributed by atoms with E-state index in [-0.39, 0.29) is 6.03 Å². The molecule has 6 nitrogen and oxygen atoms in total. The van der Waals surface area contributed by atoms with Gasteiger partial charge >= 0.3 is 6.03 Å². The average molecular weight is 537 g/mol. The number of urea groups is 1. The lowest BCUT2D eigenvalue weighted by Gasteiger charge is -2.32. The van der Waals surface area contributed by atoms with Crippen molar-refractivity contribution < 1.29 is 9.53 Å². The molecule has 0 radical (unpaired) electrons. The first-order valence-corrected chi connectivity index (χ1v) is 14.3. The highest BCUT2D eigenvalue weighted by molar-refractivity contribution is 6.30. The molecule has 4 rings (SSSR count). The maximum atomic E-state index is 13.5. The smallest absolute Gasteiger partial charge is 0.322 e. The number of hydrogen-bond acceptors (Lipinski definition) is 3. The van der Waals surface area contributed by atoms with Gasteiger partial charge in [0.05, 0.1) is 13.2 Å². The van der Waals surface area contributed by atoms with Gasteiger partial charge in [0.15, 0.2) is 0 Å². The highest BCUT2D eigenvalue weighted by atomic mass is 35.5. The lowest BCUT2D eigenvalue weighted by molar-refractivity contribution is 0.175. The number of benzene rings is 2. The quantitative estimate of drug-likeness (QED) is 0.264. The average Bonchev–Trinajstić information content (AvgIpc) is 3.37. The third-order valence-corrected chi connectivity index (χ3v) is 7.64. The number of amides is 2. The summed E-state index contributed by atoms with van der Waals surface area (Å²) in [7, 11) is 2.23. The van der Waals surface area contributed by atoms with Crippen LogP contribution in [-0.4, -0.2) is 53.2 Å². The lowest BCUT2D eigenvalue weighted by atomic mass is 9.94. The van der Waals surface area contributed by atoms with Crippen molar-refractivity contribution in [1.82, 2.24) is 14.4 Å². The molecular weight excluding hydrogens is 496 g/mol. The first-order chi connectivity index (χ1) is 18.5. The second-order valence-corrected chi connectivity index (χ2v) is 10.6. The summed E-state index contributed by atoms with van der Waals surface area (Å²) in [5.41, 5.74) is 3.04. The van der Waals surface area contributed by atoms with Crippen molar-refractivity contribution in [2.24, 2.45) is 0 Å². The lowest BCUT2D eigenvalue weighted by Crippen LogP contribution is -2.39. The van der Waals surface area contributed by atoms with Gasteiger partial charge in [0.1, 0.15) is 5.75 Å². The second kappa shape index (κ2) is 14.3. The third kappa shape index (κ3) is 8.27. The van der Waals surface area contributed by atoms with E-state index in [1.807, 2.05) is 66.4 Å². The van der Waals surface area contributed by atoms with Gasteiger partial charge in [0.25, 0.3) is 0 Å². The van der Waals surface area contributed by atoms with E-state index in [4.69, 9.17) is 16.3 Å². The van der Waals surface area contributed by atoms with Crippen molar-refractivity contribution in [3.05, 3.63) is 83.1 Å². The van der Waals surface area contributed by atoms with Crippen LogP contribution < -0.4 is 10.1 Å². The van der Waals surface area contributed by atoms with Crippen LogP contribution in [0, 0.1) is 0 Å². The monoisotopic (exact) mass is 536 g/mol. The van der Waals surface area contributed by atoms with Crippen molar-refractivity contribution >= 4 is 23.3 Å². The maximum absolute atomic E-state index is 13.5. The van der Waals surface area contributed by atoms with Crippen molar-refractivity contribution in [3.8, 4) is 5.75 Å². The van der Waals surface area contributed by atoms with Gasteiger partial charge in [-0.15, -0.1) is 0 Å². The van der Waals surface area contributed by atoms with Crippen molar-refractivity contribution in [2.75, 3.05) is 32.1 Å². The number of aromatic nitrogens is 1. The number of carbonyl (C=O) groups is 1. The van der Waals surface area contributed by atoms with Gasteiger partial charge in [-0.2, -0.15) is 0 Å². The number of rotatable bonds is 12. The normalized spacial score (nSPS) is 14.0. The van der Waals surface area contributed by atoms with Gasteiger partial charge in [-0.3, -0.25) is 0 Å². The van der Waals surface area contributed by atoms with E-state index in [0.29, 0.717) is 25.7 Å². The SMILES string of the molecule is CCOc1ccc(NC(=O)N(CCCN(C)C2CCCCC2)Cc2cccn2Cc2ccc(Cl)cc2)cc1. The number of anilines is 1. The van der Waals surface area contributed by atoms with Crippen LogP contribution >= 0.6 is 11.6 Å². The Balaban J connectivity index is 1.42. The fourth-order valence-corrected chi connectivity index (χ4v) is 5.33. The Hall–Kier alpha value is -2.96. The van der Waals surface area contributed by atoms with Crippen LogP contribution in [0.2, 0.25) is 5.02 Å². The summed E-state index contributed by atoms with van der Waals surface area (Å²) in [5.74, 6) is 0.799. The van der Waals surface area contributed by atoms with E-state index in [0.717, 1.165) is 41.7 Å². The molecule has 0 atom stereocenters. The van der Waals surface area contributed by atoms with E-state index in [1.54, 1.807) is 0 Å². The predicted molar refractivity (Wildman–Crippen MR) is 156 cm³/mol. The molecule has 38 heavy (non-hydrogen) atoms. The molecule has 1 aliphatic carbocycles. The second-order valence-electron chi connectivity index (χ2n) is 10.2. The summed E-state index contributed by atoms with van der Waals surface area (Å²) in [6, 6.07) is 20.2.